The van der Waals surface area contributed by atoms with Crippen LogP contribution in [0.4, 0.5) is 0 Å². The van der Waals surface area contributed by atoms with Crippen molar-refractivity contribution in [3.63, 3.8) is 0 Å². The topological polar surface area (TPSA) is 0 Å². The maximum atomic E-state index is 2.56. The molecule has 100 valence electrons. The van der Waals surface area contributed by atoms with Crippen LogP contribution in [0.15, 0.2) is 0 Å². The lowest BCUT2D eigenvalue weighted by molar-refractivity contribution is 0.162. The highest BCUT2D eigenvalue weighted by atomic mass is 14.3. The Kier molecular flexibility index (Phi) is 4.94. The van der Waals surface area contributed by atoms with Crippen LogP contribution in [0.3, 0.4) is 0 Å². The molecule has 2 aliphatic carbocycles. The van der Waals surface area contributed by atoms with Crippen LogP contribution in [0.25, 0.3) is 0 Å². The lowest BCUT2D eigenvalue weighted by Gasteiger charge is -2.36. The first-order valence-electron chi connectivity index (χ1n) is 8.20. The van der Waals surface area contributed by atoms with E-state index in [4.69, 9.17) is 0 Å². The minimum absolute atomic E-state index is 0.710. The largest absolute Gasteiger partial charge is 0.0622 e. The minimum atomic E-state index is 0.710. The van der Waals surface area contributed by atoms with Gasteiger partial charge in [-0.2, -0.15) is 0 Å². The van der Waals surface area contributed by atoms with Gasteiger partial charge in [0.1, 0.15) is 0 Å². The third-order valence-corrected chi connectivity index (χ3v) is 5.72. The number of hydrogen-bond donors (Lipinski definition) is 0. The monoisotopic (exact) mass is 236 g/mol. The Balaban J connectivity index is 1.72. The van der Waals surface area contributed by atoms with Gasteiger partial charge in [0, 0.05) is 0 Å². The van der Waals surface area contributed by atoms with Crippen molar-refractivity contribution < 1.29 is 0 Å². The molecule has 17 heavy (non-hydrogen) atoms. The van der Waals surface area contributed by atoms with Crippen molar-refractivity contribution in [3.8, 4) is 0 Å². The van der Waals surface area contributed by atoms with Crippen molar-refractivity contribution in [2.75, 3.05) is 0 Å². The van der Waals surface area contributed by atoms with E-state index in [0.717, 1.165) is 11.8 Å². The Morgan fingerprint density at radius 3 is 2.18 bits per heavy atom. The summed E-state index contributed by atoms with van der Waals surface area (Å²) in [5, 5.41) is 0. The molecule has 0 bridgehead atoms. The molecule has 0 amide bonds. The van der Waals surface area contributed by atoms with Crippen molar-refractivity contribution in [1.82, 2.24) is 0 Å². The predicted molar refractivity (Wildman–Crippen MR) is 76.2 cm³/mol. The molecule has 0 N–H and O–H groups in total. The van der Waals surface area contributed by atoms with Crippen LogP contribution in [0.2, 0.25) is 0 Å². The van der Waals surface area contributed by atoms with E-state index in [1.54, 1.807) is 0 Å². The maximum absolute atomic E-state index is 2.56. The highest BCUT2D eigenvalue weighted by Crippen LogP contribution is 2.42. The molecule has 0 aromatic rings. The molecular weight excluding hydrogens is 204 g/mol. The van der Waals surface area contributed by atoms with Gasteiger partial charge in [-0.15, -0.1) is 0 Å². The summed E-state index contributed by atoms with van der Waals surface area (Å²) in [4.78, 5) is 0. The second-order valence-corrected chi connectivity index (χ2v) is 7.29. The molecule has 1 unspecified atom stereocenters. The summed E-state index contributed by atoms with van der Waals surface area (Å²) in [7, 11) is 0. The van der Waals surface area contributed by atoms with Crippen LogP contribution in [0.5, 0.6) is 0 Å². The van der Waals surface area contributed by atoms with Crippen molar-refractivity contribution in [3.05, 3.63) is 0 Å². The Labute approximate surface area is 109 Å². The molecule has 0 heterocycles. The highest BCUT2D eigenvalue weighted by Gasteiger charge is 2.28. The molecule has 2 rings (SSSR count). The van der Waals surface area contributed by atoms with Crippen LogP contribution >= 0.6 is 0 Å². The zero-order valence-corrected chi connectivity index (χ0v) is 12.1. The number of rotatable bonds is 4. The predicted octanol–water partition coefficient (Wildman–Crippen LogP) is 5.95. The van der Waals surface area contributed by atoms with E-state index in [0.29, 0.717) is 5.41 Å². The normalized spacial score (nSPS) is 27.9. The van der Waals surface area contributed by atoms with Gasteiger partial charge in [0.2, 0.25) is 0 Å². The summed E-state index contributed by atoms with van der Waals surface area (Å²) >= 11 is 0. The average molecular weight is 236 g/mol. The second-order valence-electron chi connectivity index (χ2n) is 7.29. The zero-order valence-electron chi connectivity index (χ0n) is 12.1. The van der Waals surface area contributed by atoms with E-state index in [1.807, 2.05) is 0 Å². The van der Waals surface area contributed by atoms with E-state index < -0.39 is 0 Å². The fourth-order valence-corrected chi connectivity index (χ4v) is 4.17. The molecule has 2 fully saturated rings. The first-order valence-corrected chi connectivity index (χ1v) is 8.20. The summed E-state index contributed by atoms with van der Waals surface area (Å²) in [6.07, 6.45) is 18.1. The van der Waals surface area contributed by atoms with Crippen molar-refractivity contribution in [2.45, 2.75) is 90.9 Å². The van der Waals surface area contributed by atoms with Crippen molar-refractivity contribution >= 4 is 0 Å². The third kappa shape index (κ3) is 4.00. The van der Waals surface area contributed by atoms with Gasteiger partial charge in [0.25, 0.3) is 0 Å². The molecule has 0 heteroatoms. The van der Waals surface area contributed by atoms with Crippen molar-refractivity contribution in [1.29, 1.82) is 0 Å². The lowest BCUT2D eigenvalue weighted by Crippen LogP contribution is -2.23. The van der Waals surface area contributed by atoms with Gasteiger partial charge in [-0.05, 0) is 42.9 Å². The van der Waals surface area contributed by atoms with Gasteiger partial charge in [-0.3, -0.25) is 0 Å². The fraction of sp³-hybridized carbons (Fsp3) is 1.00. The van der Waals surface area contributed by atoms with Gasteiger partial charge in [0.15, 0.2) is 0 Å². The Hall–Kier alpha value is 0. The standard InChI is InChI=1S/C17H32/c1-15(16-9-5-3-6-10-16)11-14-17(2)12-7-4-8-13-17/h15-16H,3-14H2,1-2H3. The van der Waals surface area contributed by atoms with E-state index in [-0.39, 0.29) is 0 Å². The summed E-state index contributed by atoms with van der Waals surface area (Å²) in [5.74, 6) is 2.06. The van der Waals surface area contributed by atoms with Crippen molar-refractivity contribution in [2.24, 2.45) is 17.3 Å². The van der Waals surface area contributed by atoms with E-state index in [1.165, 1.54) is 77.0 Å². The van der Waals surface area contributed by atoms with Gasteiger partial charge in [0.05, 0.1) is 0 Å². The fourth-order valence-electron chi connectivity index (χ4n) is 4.17. The lowest BCUT2D eigenvalue weighted by atomic mass is 9.70. The van der Waals surface area contributed by atoms with Crippen LogP contribution in [-0.4, -0.2) is 0 Å². The maximum Gasteiger partial charge on any atom is -0.0326 e. The number of hydrogen-bond acceptors (Lipinski definition) is 0. The van der Waals surface area contributed by atoms with Gasteiger partial charge in [-0.1, -0.05) is 65.2 Å². The SMILES string of the molecule is CC(CCC1(C)CCCCC1)C1CCCCC1. The molecule has 0 nitrogen and oxygen atoms in total. The van der Waals surface area contributed by atoms with Crippen LogP contribution in [0.1, 0.15) is 90.9 Å². The molecule has 2 saturated carbocycles. The molecule has 0 radical (unpaired) electrons. The highest BCUT2D eigenvalue weighted by molar-refractivity contribution is 4.80. The van der Waals surface area contributed by atoms with Gasteiger partial charge >= 0.3 is 0 Å². The molecule has 0 aromatic heterocycles. The quantitative estimate of drug-likeness (QED) is 0.565. The Bertz CT molecular complexity index is 206. The summed E-state index contributed by atoms with van der Waals surface area (Å²) < 4.78 is 0. The van der Waals surface area contributed by atoms with Crippen LogP contribution in [0, 0.1) is 17.3 Å². The Morgan fingerprint density at radius 1 is 0.941 bits per heavy atom. The molecule has 0 saturated heterocycles. The first-order chi connectivity index (χ1) is 8.20. The summed E-state index contributed by atoms with van der Waals surface area (Å²) in [5.41, 5.74) is 0.710. The molecule has 0 spiro atoms. The zero-order chi connectivity index (χ0) is 12.1. The van der Waals surface area contributed by atoms with Gasteiger partial charge in [-0.25, -0.2) is 0 Å². The first kappa shape index (κ1) is 13.4. The molecule has 2 aliphatic rings. The molecular formula is C17H32. The van der Waals surface area contributed by atoms with Crippen LogP contribution < -0.4 is 0 Å². The second kappa shape index (κ2) is 6.25. The molecule has 1 atom stereocenters. The van der Waals surface area contributed by atoms with Gasteiger partial charge < -0.3 is 0 Å². The van der Waals surface area contributed by atoms with E-state index in [2.05, 4.69) is 13.8 Å². The summed E-state index contributed by atoms with van der Waals surface area (Å²) in [6, 6.07) is 0. The minimum Gasteiger partial charge on any atom is -0.0622 e. The molecule has 0 aromatic carbocycles. The average Bonchev–Trinajstić information content (AvgIpc) is 2.38. The van der Waals surface area contributed by atoms with E-state index >= 15 is 0 Å². The summed E-state index contributed by atoms with van der Waals surface area (Å²) in [6.45, 7) is 5.09. The smallest absolute Gasteiger partial charge is 0.0326 e. The molecule has 0 aliphatic heterocycles. The van der Waals surface area contributed by atoms with Crippen LogP contribution in [-0.2, 0) is 0 Å². The van der Waals surface area contributed by atoms with E-state index in [9.17, 15) is 0 Å². The Morgan fingerprint density at radius 2 is 1.53 bits per heavy atom. The third-order valence-electron chi connectivity index (χ3n) is 5.72.